The molecule has 0 saturated carbocycles. The lowest BCUT2D eigenvalue weighted by molar-refractivity contribution is 0.0694. The van der Waals surface area contributed by atoms with Crippen molar-refractivity contribution in [2.45, 2.75) is 13.8 Å². The van der Waals surface area contributed by atoms with E-state index in [1.54, 1.807) is 26.0 Å². The minimum Gasteiger partial charge on any atom is -0.477 e. The Labute approximate surface area is 108 Å². The third-order valence-corrected chi connectivity index (χ3v) is 2.90. The number of benzene rings is 1. The molecule has 2 aromatic rings. The quantitative estimate of drug-likeness (QED) is 0.902. The summed E-state index contributed by atoms with van der Waals surface area (Å²) in [7, 11) is 0. The van der Waals surface area contributed by atoms with E-state index in [-0.39, 0.29) is 11.3 Å². The Hall–Kier alpha value is -2.43. The number of carbonyl (C=O) groups is 1. The molecule has 0 bridgehead atoms. The fourth-order valence-electron chi connectivity index (χ4n) is 1.96. The van der Waals surface area contributed by atoms with Gasteiger partial charge in [-0.1, -0.05) is 12.1 Å². The van der Waals surface area contributed by atoms with E-state index < -0.39 is 17.2 Å². The number of aryl methyl sites for hydroxylation is 2. The van der Waals surface area contributed by atoms with Crippen LogP contribution in [0.2, 0.25) is 0 Å². The van der Waals surface area contributed by atoms with Crippen molar-refractivity contribution < 1.29 is 14.3 Å². The molecular weight excluding hydrogens is 249 g/mol. The molecule has 1 heterocycles. The zero-order valence-electron chi connectivity index (χ0n) is 10.5. The second-order valence-corrected chi connectivity index (χ2v) is 4.27. The Morgan fingerprint density at radius 1 is 1.32 bits per heavy atom. The van der Waals surface area contributed by atoms with Crippen molar-refractivity contribution in [3.63, 3.8) is 0 Å². The predicted molar refractivity (Wildman–Crippen MR) is 68.4 cm³/mol. The van der Waals surface area contributed by atoms with Crippen LogP contribution in [0.3, 0.4) is 0 Å². The first-order valence-electron chi connectivity index (χ1n) is 5.64. The lowest BCUT2D eigenvalue weighted by Gasteiger charge is -2.14. The molecule has 1 aromatic carbocycles. The number of aromatic carboxylic acids is 1. The number of nitrogens with zero attached hydrogens (tertiary/aromatic N) is 1. The molecule has 1 aromatic heterocycles. The summed E-state index contributed by atoms with van der Waals surface area (Å²) in [5.41, 5.74) is 0.414. The zero-order valence-corrected chi connectivity index (χ0v) is 10.5. The number of rotatable bonds is 2. The van der Waals surface area contributed by atoms with Crippen molar-refractivity contribution in [2.75, 3.05) is 0 Å². The highest BCUT2D eigenvalue weighted by Crippen LogP contribution is 2.19. The highest BCUT2D eigenvalue weighted by molar-refractivity contribution is 5.87. The van der Waals surface area contributed by atoms with Crippen molar-refractivity contribution in [1.82, 2.24) is 4.57 Å². The Morgan fingerprint density at radius 2 is 2.00 bits per heavy atom. The number of carboxylic acid groups (broad SMARTS) is 1. The van der Waals surface area contributed by atoms with Crippen LogP contribution in [0.1, 0.15) is 21.6 Å². The van der Waals surface area contributed by atoms with E-state index in [1.165, 1.54) is 16.7 Å². The maximum atomic E-state index is 13.9. The molecule has 0 saturated heterocycles. The van der Waals surface area contributed by atoms with Gasteiger partial charge in [-0.25, -0.2) is 9.18 Å². The summed E-state index contributed by atoms with van der Waals surface area (Å²) < 4.78 is 15.3. The summed E-state index contributed by atoms with van der Waals surface area (Å²) in [5, 5.41) is 8.96. The van der Waals surface area contributed by atoms with Gasteiger partial charge in [-0.15, -0.1) is 0 Å². The summed E-state index contributed by atoms with van der Waals surface area (Å²) in [4.78, 5) is 22.5. The number of halogens is 1. The van der Waals surface area contributed by atoms with E-state index in [0.717, 1.165) is 6.20 Å². The minimum absolute atomic E-state index is 0.252. The Kier molecular flexibility index (Phi) is 3.21. The van der Waals surface area contributed by atoms with Crippen molar-refractivity contribution in [3.8, 4) is 5.69 Å². The van der Waals surface area contributed by atoms with Crippen molar-refractivity contribution in [2.24, 2.45) is 0 Å². The molecule has 0 aliphatic rings. The van der Waals surface area contributed by atoms with Gasteiger partial charge in [0.25, 0.3) is 0 Å². The second kappa shape index (κ2) is 4.68. The van der Waals surface area contributed by atoms with Crippen molar-refractivity contribution in [1.29, 1.82) is 0 Å². The summed E-state index contributed by atoms with van der Waals surface area (Å²) in [5.74, 6) is -1.80. The van der Waals surface area contributed by atoms with Crippen LogP contribution in [-0.4, -0.2) is 15.6 Å². The van der Waals surface area contributed by atoms with E-state index in [1.807, 2.05) is 0 Å². The van der Waals surface area contributed by atoms with Crippen LogP contribution >= 0.6 is 0 Å². The first kappa shape index (κ1) is 13.0. The number of aromatic nitrogens is 1. The minimum atomic E-state index is -1.33. The van der Waals surface area contributed by atoms with E-state index in [9.17, 15) is 14.0 Å². The molecule has 98 valence electrons. The first-order chi connectivity index (χ1) is 8.91. The van der Waals surface area contributed by atoms with E-state index in [0.29, 0.717) is 11.3 Å². The molecule has 2 rings (SSSR count). The van der Waals surface area contributed by atoms with Gasteiger partial charge >= 0.3 is 5.97 Å². The van der Waals surface area contributed by atoms with E-state index in [2.05, 4.69) is 0 Å². The van der Waals surface area contributed by atoms with Gasteiger partial charge in [0.05, 0.1) is 5.69 Å². The summed E-state index contributed by atoms with van der Waals surface area (Å²) in [6, 6.07) is 5.77. The highest BCUT2D eigenvalue weighted by atomic mass is 19.1. The van der Waals surface area contributed by atoms with Crippen LogP contribution in [0.25, 0.3) is 5.69 Å². The molecular formula is C14H12FNO3. The fourth-order valence-corrected chi connectivity index (χ4v) is 1.96. The zero-order chi connectivity index (χ0) is 14.2. The molecule has 0 radical (unpaired) electrons. The van der Waals surface area contributed by atoms with Gasteiger partial charge < -0.3 is 9.67 Å². The van der Waals surface area contributed by atoms with Crippen LogP contribution in [0.15, 0.2) is 35.3 Å². The molecule has 0 amide bonds. The fraction of sp³-hybridized carbons (Fsp3) is 0.143. The normalized spacial score (nSPS) is 10.5. The van der Waals surface area contributed by atoms with E-state index >= 15 is 0 Å². The van der Waals surface area contributed by atoms with Crippen LogP contribution in [0.4, 0.5) is 4.39 Å². The summed E-state index contributed by atoms with van der Waals surface area (Å²) in [6.07, 6.45) is 1.16. The number of pyridine rings is 1. The van der Waals surface area contributed by atoms with Gasteiger partial charge in [0.15, 0.2) is 5.43 Å². The third kappa shape index (κ3) is 2.27. The van der Waals surface area contributed by atoms with Gasteiger partial charge in [-0.3, -0.25) is 4.79 Å². The Morgan fingerprint density at radius 3 is 2.58 bits per heavy atom. The smallest absolute Gasteiger partial charge is 0.341 e. The first-order valence-corrected chi connectivity index (χ1v) is 5.64. The summed E-state index contributed by atoms with van der Waals surface area (Å²) >= 11 is 0. The molecule has 1 N–H and O–H groups in total. The lowest BCUT2D eigenvalue weighted by atomic mass is 10.1. The molecule has 0 unspecified atom stereocenters. The maximum absolute atomic E-state index is 13.9. The molecule has 0 fully saturated rings. The van der Waals surface area contributed by atoms with Gasteiger partial charge in [0.1, 0.15) is 11.4 Å². The molecule has 0 aliphatic heterocycles. The third-order valence-electron chi connectivity index (χ3n) is 2.90. The average Bonchev–Trinajstić information content (AvgIpc) is 2.30. The van der Waals surface area contributed by atoms with Crippen LogP contribution < -0.4 is 5.43 Å². The topological polar surface area (TPSA) is 59.3 Å². The molecule has 0 spiro atoms. The molecule has 0 aliphatic carbocycles. The van der Waals surface area contributed by atoms with Gasteiger partial charge in [-0.2, -0.15) is 0 Å². The Bertz CT molecular complexity index is 699. The molecule has 4 nitrogen and oxygen atoms in total. The molecule has 5 heteroatoms. The number of carboxylic acids is 1. The monoisotopic (exact) mass is 261 g/mol. The lowest BCUT2D eigenvalue weighted by Crippen LogP contribution is -2.19. The Balaban J connectivity index is 2.80. The predicted octanol–water partition coefficient (Wildman–Crippen LogP) is 2.29. The maximum Gasteiger partial charge on any atom is 0.341 e. The van der Waals surface area contributed by atoms with E-state index in [4.69, 9.17) is 5.11 Å². The van der Waals surface area contributed by atoms with Crippen LogP contribution in [-0.2, 0) is 0 Å². The number of hydrogen-bond donors (Lipinski definition) is 1. The molecule has 19 heavy (non-hydrogen) atoms. The van der Waals surface area contributed by atoms with Crippen molar-refractivity contribution in [3.05, 3.63) is 63.3 Å². The van der Waals surface area contributed by atoms with Gasteiger partial charge in [0.2, 0.25) is 0 Å². The SMILES string of the molecule is Cc1cccc(F)c1-n1cc(C(=O)O)c(=O)cc1C. The summed E-state index contributed by atoms with van der Waals surface area (Å²) in [6.45, 7) is 3.34. The number of para-hydroxylation sites is 1. The molecule has 0 atom stereocenters. The number of hydrogen-bond acceptors (Lipinski definition) is 2. The second-order valence-electron chi connectivity index (χ2n) is 4.27. The average molecular weight is 261 g/mol. The van der Waals surface area contributed by atoms with Crippen LogP contribution in [0, 0.1) is 19.7 Å². The van der Waals surface area contributed by atoms with Crippen LogP contribution in [0.5, 0.6) is 0 Å². The standard InChI is InChI=1S/C14H12FNO3/c1-8-4-3-5-11(15)13(8)16-7-10(14(18)19)12(17)6-9(16)2/h3-7H,1-2H3,(H,18,19). The van der Waals surface area contributed by atoms with Gasteiger partial charge in [0, 0.05) is 18.0 Å². The van der Waals surface area contributed by atoms with Crippen molar-refractivity contribution >= 4 is 5.97 Å². The largest absolute Gasteiger partial charge is 0.477 e. The highest BCUT2D eigenvalue weighted by Gasteiger charge is 2.14. The van der Waals surface area contributed by atoms with Gasteiger partial charge in [-0.05, 0) is 25.5 Å².